The van der Waals surface area contributed by atoms with Crippen molar-refractivity contribution in [3.63, 3.8) is 0 Å². The summed E-state index contributed by atoms with van der Waals surface area (Å²) in [4.78, 5) is 29.7. The first-order valence-corrected chi connectivity index (χ1v) is 16.1. The summed E-state index contributed by atoms with van der Waals surface area (Å²) < 4.78 is 40.5. The molecule has 0 fully saturated rings. The maximum atomic E-state index is 14.6. The van der Waals surface area contributed by atoms with Crippen molar-refractivity contribution in [1.82, 2.24) is 10.2 Å². The van der Waals surface area contributed by atoms with Crippen LogP contribution in [-0.2, 0) is 32.6 Å². The summed E-state index contributed by atoms with van der Waals surface area (Å²) in [6, 6.07) is 28.8. The fourth-order valence-corrected chi connectivity index (χ4v) is 6.48. The van der Waals surface area contributed by atoms with Gasteiger partial charge in [0.15, 0.2) is 0 Å². The van der Waals surface area contributed by atoms with Crippen LogP contribution in [0.15, 0.2) is 108 Å². The minimum Gasteiger partial charge on any atom is -0.497 e. The van der Waals surface area contributed by atoms with Gasteiger partial charge in [0, 0.05) is 25.6 Å². The minimum absolute atomic E-state index is 0.00214. The second-order valence-electron chi connectivity index (χ2n) is 10.4. The molecular weight excluding hydrogens is 590 g/mol. The number of hydrogen-bond donors (Lipinski definition) is 1. The van der Waals surface area contributed by atoms with Crippen LogP contribution in [0, 0.1) is 6.92 Å². The van der Waals surface area contributed by atoms with Crippen LogP contribution in [0.5, 0.6) is 11.5 Å². The molecule has 0 bridgehead atoms. The Morgan fingerprint density at radius 1 is 0.844 bits per heavy atom. The van der Waals surface area contributed by atoms with E-state index in [4.69, 9.17) is 9.47 Å². The largest absolute Gasteiger partial charge is 0.497 e. The van der Waals surface area contributed by atoms with Gasteiger partial charge in [-0.25, -0.2) is 8.42 Å². The van der Waals surface area contributed by atoms with Crippen LogP contribution in [0.4, 0.5) is 5.69 Å². The number of methoxy groups -OCH3 is 2. The van der Waals surface area contributed by atoms with E-state index >= 15 is 0 Å². The molecule has 0 unspecified atom stereocenters. The van der Waals surface area contributed by atoms with Crippen LogP contribution in [0.25, 0.3) is 0 Å². The topological polar surface area (TPSA) is 105 Å². The third-order valence-corrected chi connectivity index (χ3v) is 9.26. The van der Waals surface area contributed by atoms with Crippen LogP contribution in [0.3, 0.4) is 0 Å². The number of carbonyl (C=O) groups excluding carboxylic acids is 2. The van der Waals surface area contributed by atoms with Crippen molar-refractivity contribution in [2.45, 2.75) is 37.8 Å². The van der Waals surface area contributed by atoms with Gasteiger partial charge in [0.05, 0.1) is 24.8 Å². The number of nitrogens with zero attached hydrogens (tertiary/aromatic N) is 2. The maximum Gasteiger partial charge on any atom is 0.264 e. The summed E-state index contributed by atoms with van der Waals surface area (Å²) in [7, 11) is -1.39. The SMILES string of the molecule is CCNC(=O)[C@H](Cc1ccccc1)N(Cc1ccccc1C)C(=O)CN(c1cc(OC)ccc1OC)S(=O)(=O)c1ccccc1. The average molecular weight is 630 g/mol. The molecule has 10 heteroatoms. The molecule has 45 heavy (non-hydrogen) atoms. The molecule has 0 radical (unpaired) electrons. The van der Waals surface area contributed by atoms with Gasteiger partial charge in [-0.15, -0.1) is 0 Å². The van der Waals surface area contributed by atoms with Gasteiger partial charge in [0.1, 0.15) is 24.1 Å². The molecule has 0 aliphatic carbocycles. The van der Waals surface area contributed by atoms with Crippen molar-refractivity contribution >= 4 is 27.5 Å². The highest BCUT2D eigenvalue weighted by molar-refractivity contribution is 7.92. The molecule has 4 aromatic rings. The Morgan fingerprint density at radius 3 is 2.11 bits per heavy atom. The Balaban J connectivity index is 1.86. The molecule has 0 saturated carbocycles. The normalized spacial score (nSPS) is 11.7. The fraction of sp³-hybridized carbons (Fsp3) is 0.257. The predicted octanol–water partition coefficient (Wildman–Crippen LogP) is 4.98. The van der Waals surface area contributed by atoms with E-state index in [1.165, 1.54) is 37.3 Å². The zero-order valence-electron chi connectivity index (χ0n) is 26.0. The molecule has 1 atom stereocenters. The number of nitrogens with one attached hydrogen (secondary N) is 1. The lowest BCUT2D eigenvalue weighted by Gasteiger charge is -2.34. The van der Waals surface area contributed by atoms with Crippen LogP contribution in [0.1, 0.15) is 23.6 Å². The van der Waals surface area contributed by atoms with E-state index in [0.29, 0.717) is 12.3 Å². The molecule has 0 aliphatic rings. The number of ether oxygens (including phenoxy) is 2. The van der Waals surface area contributed by atoms with Crippen LogP contribution < -0.4 is 19.1 Å². The first-order chi connectivity index (χ1) is 21.7. The highest BCUT2D eigenvalue weighted by Crippen LogP contribution is 2.36. The van der Waals surface area contributed by atoms with E-state index in [1.807, 2.05) is 68.4 Å². The summed E-state index contributed by atoms with van der Waals surface area (Å²) in [6.45, 7) is 3.61. The van der Waals surface area contributed by atoms with E-state index in [-0.39, 0.29) is 35.2 Å². The maximum absolute atomic E-state index is 14.6. The van der Waals surface area contributed by atoms with Crippen molar-refractivity contribution in [3.8, 4) is 11.5 Å². The number of carbonyl (C=O) groups is 2. The van der Waals surface area contributed by atoms with E-state index in [2.05, 4.69) is 5.32 Å². The Bertz CT molecular complexity index is 1700. The van der Waals surface area contributed by atoms with E-state index in [9.17, 15) is 18.0 Å². The first kappa shape index (κ1) is 33.1. The molecule has 0 saturated heterocycles. The van der Waals surface area contributed by atoms with Gasteiger partial charge >= 0.3 is 0 Å². The van der Waals surface area contributed by atoms with E-state index < -0.39 is 28.5 Å². The summed E-state index contributed by atoms with van der Waals surface area (Å²) >= 11 is 0. The van der Waals surface area contributed by atoms with Gasteiger partial charge in [-0.1, -0.05) is 72.8 Å². The zero-order chi connectivity index (χ0) is 32.4. The monoisotopic (exact) mass is 629 g/mol. The van der Waals surface area contributed by atoms with Gasteiger partial charge in [-0.05, 0) is 54.8 Å². The summed E-state index contributed by atoms with van der Waals surface area (Å²) in [6.07, 6.45) is 0.234. The third-order valence-electron chi connectivity index (χ3n) is 7.49. The lowest BCUT2D eigenvalue weighted by atomic mass is 10.0. The van der Waals surface area contributed by atoms with Crippen molar-refractivity contribution in [3.05, 3.63) is 120 Å². The molecule has 9 nitrogen and oxygen atoms in total. The molecule has 236 valence electrons. The summed E-state index contributed by atoms with van der Waals surface area (Å²) in [5.41, 5.74) is 2.76. The van der Waals surface area contributed by atoms with Gasteiger partial charge in [0.25, 0.3) is 10.0 Å². The van der Waals surface area contributed by atoms with Crippen molar-refractivity contribution in [1.29, 1.82) is 0 Å². The predicted molar refractivity (Wildman–Crippen MR) is 175 cm³/mol. The number of aryl methyl sites for hydroxylation is 1. The van der Waals surface area contributed by atoms with Crippen molar-refractivity contribution in [2.75, 3.05) is 31.6 Å². The molecule has 4 aromatic carbocycles. The number of benzene rings is 4. The number of rotatable bonds is 14. The molecule has 2 amide bonds. The number of amides is 2. The molecule has 0 heterocycles. The molecular formula is C35H39N3O6S. The Kier molecular flexibility index (Phi) is 11.2. The molecule has 0 aromatic heterocycles. The van der Waals surface area contributed by atoms with Crippen LogP contribution >= 0.6 is 0 Å². The number of anilines is 1. The highest BCUT2D eigenvalue weighted by Gasteiger charge is 2.35. The Labute approximate surface area is 265 Å². The lowest BCUT2D eigenvalue weighted by Crippen LogP contribution is -2.53. The number of likely N-dealkylation sites (N-methyl/N-ethyl adjacent to an activating group) is 1. The molecule has 0 aliphatic heterocycles. The Hall–Kier alpha value is -4.83. The van der Waals surface area contributed by atoms with E-state index in [1.54, 1.807) is 30.3 Å². The molecule has 4 rings (SSSR count). The zero-order valence-corrected chi connectivity index (χ0v) is 26.8. The van der Waals surface area contributed by atoms with Gasteiger partial charge in [0.2, 0.25) is 11.8 Å². The summed E-state index contributed by atoms with van der Waals surface area (Å²) in [5.74, 6) is -0.278. The Morgan fingerprint density at radius 2 is 1.49 bits per heavy atom. The summed E-state index contributed by atoms with van der Waals surface area (Å²) in [5, 5.41) is 2.87. The van der Waals surface area contributed by atoms with E-state index in [0.717, 1.165) is 21.0 Å². The standard InChI is InChI=1S/C35H39N3O6S/c1-5-36-35(40)32(22-27-15-8-6-9-16-27)37(24-28-17-13-12-14-26(28)2)34(39)25-38(45(41,42)30-18-10-7-11-19-30)31-23-29(43-3)20-21-33(31)44-4/h6-21,23,32H,5,22,24-25H2,1-4H3,(H,36,40)/t32-/m0/s1. The van der Waals surface area contributed by atoms with Gasteiger partial charge in [-0.3, -0.25) is 13.9 Å². The van der Waals surface area contributed by atoms with Gasteiger partial charge in [-0.2, -0.15) is 0 Å². The second-order valence-corrected chi connectivity index (χ2v) is 12.3. The van der Waals surface area contributed by atoms with Crippen LogP contribution in [0.2, 0.25) is 0 Å². The molecule has 1 N–H and O–H groups in total. The lowest BCUT2D eigenvalue weighted by molar-refractivity contribution is -0.140. The van der Waals surface area contributed by atoms with Gasteiger partial charge < -0.3 is 19.7 Å². The molecule has 0 spiro atoms. The highest BCUT2D eigenvalue weighted by atomic mass is 32.2. The van der Waals surface area contributed by atoms with Crippen molar-refractivity contribution in [2.24, 2.45) is 0 Å². The van der Waals surface area contributed by atoms with Crippen LogP contribution in [-0.4, -0.2) is 58.5 Å². The number of sulfonamides is 1. The first-order valence-electron chi connectivity index (χ1n) is 14.6. The quantitative estimate of drug-likeness (QED) is 0.211. The number of hydrogen-bond acceptors (Lipinski definition) is 6. The minimum atomic E-state index is -4.29. The second kappa shape index (κ2) is 15.3. The van der Waals surface area contributed by atoms with Crippen molar-refractivity contribution < 1.29 is 27.5 Å². The smallest absolute Gasteiger partial charge is 0.264 e. The third kappa shape index (κ3) is 8.02. The fourth-order valence-electron chi connectivity index (χ4n) is 5.04. The average Bonchev–Trinajstić information content (AvgIpc) is 3.06.